The molecule has 0 saturated carbocycles. The first-order valence-corrected chi connectivity index (χ1v) is 10.2. The highest BCUT2D eigenvalue weighted by Gasteiger charge is 2.17. The summed E-state index contributed by atoms with van der Waals surface area (Å²) in [6, 6.07) is 15.7. The van der Waals surface area contributed by atoms with E-state index >= 15 is 0 Å². The summed E-state index contributed by atoms with van der Waals surface area (Å²) in [6.07, 6.45) is 3.65. The van der Waals surface area contributed by atoms with E-state index in [0.717, 1.165) is 35.1 Å². The van der Waals surface area contributed by atoms with Gasteiger partial charge in [-0.3, -0.25) is 14.9 Å². The lowest BCUT2D eigenvalue weighted by Crippen LogP contribution is -2.21. The molecule has 0 radical (unpaired) electrons. The van der Waals surface area contributed by atoms with E-state index in [1.165, 1.54) is 6.20 Å². The maximum absolute atomic E-state index is 12.0. The Kier molecular flexibility index (Phi) is 6.11. The molecule has 0 spiro atoms. The number of H-pyrrole nitrogens is 1. The van der Waals surface area contributed by atoms with Crippen molar-refractivity contribution in [2.24, 2.45) is 0 Å². The number of rotatable bonds is 8. The van der Waals surface area contributed by atoms with Crippen molar-refractivity contribution in [3.05, 3.63) is 86.6 Å². The van der Waals surface area contributed by atoms with Crippen LogP contribution in [-0.2, 0) is 13.0 Å². The van der Waals surface area contributed by atoms with Gasteiger partial charge in [0.1, 0.15) is 5.82 Å². The Hall–Kier alpha value is -4.21. The topological polar surface area (TPSA) is 132 Å². The second kappa shape index (κ2) is 9.29. The molecule has 1 N–H and O–H groups in total. The lowest BCUT2D eigenvalue weighted by molar-refractivity contribution is -0.386. The first kappa shape index (κ1) is 21.0. The van der Waals surface area contributed by atoms with Gasteiger partial charge in [-0.25, -0.2) is 5.10 Å². The van der Waals surface area contributed by atoms with Crippen molar-refractivity contribution in [1.29, 1.82) is 0 Å². The third-order valence-electron chi connectivity index (χ3n) is 5.16. The molecular weight excluding hydrogens is 410 g/mol. The third-order valence-corrected chi connectivity index (χ3v) is 5.16. The van der Waals surface area contributed by atoms with Gasteiger partial charge in [0.15, 0.2) is 5.82 Å². The third kappa shape index (κ3) is 4.43. The highest BCUT2D eigenvalue weighted by molar-refractivity contribution is 5.80. The quantitative estimate of drug-likeness (QED) is 0.334. The van der Waals surface area contributed by atoms with E-state index in [9.17, 15) is 14.9 Å². The summed E-state index contributed by atoms with van der Waals surface area (Å²) in [5, 5.41) is 25.3. The molecule has 0 bridgehead atoms. The van der Waals surface area contributed by atoms with Crippen LogP contribution in [0, 0.1) is 10.1 Å². The van der Waals surface area contributed by atoms with E-state index in [2.05, 4.69) is 25.6 Å². The molecule has 0 saturated heterocycles. The predicted octanol–water partition coefficient (Wildman–Crippen LogP) is 3.39. The van der Waals surface area contributed by atoms with Crippen molar-refractivity contribution < 1.29 is 4.92 Å². The van der Waals surface area contributed by atoms with E-state index in [1.54, 1.807) is 4.57 Å². The van der Waals surface area contributed by atoms with Crippen LogP contribution in [0.5, 0.6) is 0 Å². The molecule has 0 unspecified atom stereocenters. The minimum atomic E-state index is -0.800. The molecule has 0 amide bonds. The van der Waals surface area contributed by atoms with Gasteiger partial charge in [-0.05, 0) is 33.5 Å². The molecule has 10 heteroatoms. The number of unbranched alkanes of at least 4 members (excludes halogenated alkanes) is 1. The fraction of sp³-hybridized carbons (Fsp3) is 0.227. The summed E-state index contributed by atoms with van der Waals surface area (Å²) < 4.78 is 1.69. The zero-order chi connectivity index (χ0) is 22.5. The van der Waals surface area contributed by atoms with Crippen LogP contribution in [-0.4, -0.2) is 35.1 Å². The van der Waals surface area contributed by atoms with Crippen LogP contribution in [0.15, 0.2) is 59.5 Å². The summed E-state index contributed by atoms with van der Waals surface area (Å²) in [6.45, 7) is 2.42. The van der Waals surface area contributed by atoms with Gasteiger partial charge in [0.25, 0.3) is 0 Å². The smallest absolute Gasteiger partial charge is 0.325 e. The maximum atomic E-state index is 12.0. The average molecular weight is 431 g/mol. The summed E-state index contributed by atoms with van der Waals surface area (Å²) in [4.78, 5) is 26.5. The summed E-state index contributed by atoms with van der Waals surface area (Å²) in [7, 11) is 0. The van der Waals surface area contributed by atoms with Crippen LogP contribution in [0.4, 0.5) is 5.69 Å². The SMILES string of the molecule is CCCCc1nc(=O)c([N+](=O)[O-])cn1Cc1ccc(-c2ccccc2-c2nnn[nH]2)cc1. The zero-order valence-corrected chi connectivity index (χ0v) is 17.4. The van der Waals surface area contributed by atoms with Gasteiger partial charge in [-0.15, -0.1) is 5.10 Å². The van der Waals surface area contributed by atoms with E-state index < -0.39 is 16.2 Å². The van der Waals surface area contributed by atoms with Crippen molar-refractivity contribution in [1.82, 2.24) is 30.2 Å². The lowest BCUT2D eigenvalue weighted by atomic mass is 9.98. The number of hydrogen-bond acceptors (Lipinski definition) is 7. The van der Waals surface area contributed by atoms with E-state index in [0.29, 0.717) is 24.6 Å². The normalized spacial score (nSPS) is 10.9. The minimum Gasteiger partial charge on any atom is -0.325 e. The highest BCUT2D eigenvalue weighted by atomic mass is 16.6. The van der Waals surface area contributed by atoms with Crippen LogP contribution in [0.3, 0.4) is 0 Å². The molecule has 4 aromatic rings. The van der Waals surface area contributed by atoms with Crippen molar-refractivity contribution in [3.8, 4) is 22.5 Å². The average Bonchev–Trinajstić information content (AvgIpc) is 3.34. The van der Waals surface area contributed by atoms with Crippen LogP contribution < -0.4 is 5.56 Å². The number of nitro groups is 1. The summed E-state index contributed by atoms with van der Waals surface area (Å²) >= 11 is 0. The molecule has 0 fully saturated rings. The minimum absolute atomic E-state index is 0.376. The maximum Gasteiger partial charge on any atom is 0.351 e. The molecule has 2 aromatic heterocycles. The fourth-order valence-electron chi connectivity index (χ4n) is 3.51. The first-order valence-electron chi connectivity index (χ1n) is 10.2. The number of tetrazole rings is 1. The lowest BCUT2D eigenvalue weighted by Gasteiger charge is -2.13. The number of aromatic nitrogens is 6. The van der Waals surface area contributed by atoms with Crippen LogP contribution in [0.25, 0.3) is 22.5 Å². The van der Waals surface area contributed by atoms with Gasteiger partial charge in [0, 0.05) is 18.5 Å². The monoisotopic (exact) mass is 431 g/mol. The van der Waals surface area contributed by atoms with Gasteiger partial charge in [-0.1, -0.05) is 61.9 Å². The molecule has 0 aliphatic carbocycles. The van der Waals surface area contributed by atoms with E-state index in [-0.39, 0.29) is 0 Å². The van der Waals surface area contributed by atoms with Crippen LogP contribution in [0.1, 0.15) is 31.2 Å². The Morgan fingerprint density at radius 1 is 1.09 bits per heavy atom. The predicted molar refractivity (Wildman–Crippen MR) is 118 cm³/mol. The standard InChI is InChI=1S/C22H21N7O3/c1-2-3-8-20-23-22(30)19(29(31)32)14-28(20)13-15-9-11-16(12-10-15)17-6-4-5-7-18(17)21-24-26-27-25-21/h4-7,9-12,14H,2-3,8,13H2,1H3,(H,24,25,26,27). The number of nitrogens with zero attached hydrogens (tertiary/aromatic N) is 6. The second-order valence-electron chi connectivity index (χ2n) is 7.33. The Balaban J connectivity index is 1.65. The largest absolute Gasteiger partial charge is 0.351 e. The highest BCUT2D eigenvalue weighted by Crippen LogP contribution is 2.29. The Bertz CT molecular complexity index is 1280. The molecule has 162 valence electrons. The second-order valence-corrected chi connectivity index (χ2v) is 7.33. The molecule has 32 heavy (non-hydrogen) atoms. The van der Waals surface area contributed by atoms with Gasteiger partial charge in [0.05, 0.1) is 11.1 Å². The molecule has 0 aliphatic rings. The number of benzene rings is 2. The zero-order valence-electron chi connectivity index (χ0n) is 17.4. The Morgan fingerprint density at radius 2 is 1.84 bits per heavy atom. The van der Waals surface area contributed by atoms with Crippen molar-refractivity contribution in [3.63, 3.8) is 0 Å². The fourth-order valence-corrected chi connectivity index (χ4v) is 3.51. The number of aromatic amines is 1. The van der Waals surface area contributed by atoms with E-state index in [1.807, 2.05) is 55.5 Å². The molecular formula is C22H21N7O3. The number of nitrogens with one attached hydrogen (secondary N) is 1. The van der Waals surface area contributed by atoms with Crippen molar-refractivity contribution in [2.45, 2.75) is 32.7 Å². The molecule has 4 rings (SSSR count). The van der Waals surface area contributed by atoms with Crippen molar-refractivity contribution in [2.75, 3.05) is 0 Å². The van der Waals surface area contributed by atoms with Gasteiger partial charge in [-0.2, -0.15) is 4.98 Å². The Labute approximate surface area is 183 Å². The van der Waals surface area contributed by atoms with Gasteiger partial charge < -0.3 is 4.57 Å². The summed E-state index contributed by atoms with van der Waals surface area (Å²) in [5.41, 5.74) is 2.46. The number of aryl methyl sites for hydroxylation is 1. The van der Waals surface area contributed by atoms with Crippen LogP contribution >= 0.6 is 0 Å². The van der Waals surface area contributed by atoms with Gasteiger partial charge >= 0.3 is 11.2 Å². The molecule has 0 aliphatic heterocycles. The first-order chi connectivity index (χ1) is 15.6. The molecule has 2 aromatic carbocycles. The molecule has 0 atom stereocenters. The van der Waals surface area contributed by atoms with E-state index in [4.69, 9.17) is 0 Å². The van der Waals surface area contributed by atoms with Crippen molar-refractivity contribution >= 4 is 5.69 Å². The summed E-state index contributed by atoms with van der Waals surface area (Å²) in [5.74, 6) is 1.13. The van der Waals surface area contributed by atoms with Crippen LogP contribution in [0.2, 0.25) is 0 Å². The van der Waals surface area contributed by atoms with Gasteiger partial charge in [0.2, 0.25) is 0 Å². The molecule has 2 heterocycles. The Morgan fingerprint density at radius 3 is 2.50 bits per heavy atom. The molecule has 10 nitrogen and oxygen atoms in total. The number of hydrogen-bond donors (Lipinski definition) is 1.